The van der Waals surface area contributed by atoms with E-state index in [1.807, 2.05) is 6.79 Å². The van der Waals surface area contributed by atoms with Crippen molar-refractivity contribution in [2.45, 2.75) is 46.0 Å². The molecule has 1 aliphatic rings. The van der Waals surface area contributed by atoms with Gasteiger partial charge in [0.1, 0.15) is 6.79 Å². The summed E-state index contributed by atoms with van der Waals surface area (Å²) in [6.45, 7) is 6.77. The van der Waals surface area contributed by atoms with Gasteiger partial charge in [0, 0.05) is 0 Å². The second kappa shape index (κ2) is 6.38. The summed E-state index contributed by atoms with van der Waals surface area (Å²) in [4.78, 5) is 8.00. The summed E-state index contributed by atoms with van der Waals surface area (Å²) in [6.07, 6.45) is 7.37. The van der Waals surface area contributed by atoms with Crippen molar-refractivity contribution in [2.24, 2.45) is 11.8 Å². The zero-order valence-electron chi connectivity index (χ0n) is 7.81. The summed E-state index contributed by atoms with van der Waals surface area (Å²) in [5, 5.41) is 0. The highest BCUT2D eigenvalue weighted by Crippen LogP contribution is 2.25. The first kappa shape index (κ1) is 10.7. The molecule has 0 aliphatic heterocycles. The van der Waals surface area contributed by atoms with E-state index in [-0.39, 0.29) is 0 Å². The quantitative estimate of drug-likeness (QED) is 0.493. The second-order valence-electron chi connectivity index (χ2n) is 3.72. The van der Waals surface area contributed by atoms with Gasteiger partial charge in [0.25, 0.3) is 0 Å². The minimum absolute atomic E-state index is 1.01. The summed E-state index contributed by atoms with van der Waals surface area (Å²) in [5.41, 5.74) is 0. The molecule has 0 aromatic carbocycles. The van der Waals surface area contributed by atoms with Crippen molar-refractivity contribution < 1.29 is 4.79 Å². The summed E-state index contributed by atoms with van der Waals surface area (Å²) in [5.74, 6) is 2.02. The Balaban J connectivity index is 0.000000461. The van der Waals surface area contributed by atoms with Crippen LogP contribution in [0.2, 0.25) is 0 Å². The van der Waals surface area contributed by atoms with Gasteiger partial charge in [-0.1, -0.05) is 46.0 Å². The molecule has 0 spiro atoms. The van der Waals surface area contributed by atoms with E-state index in [4.69, 9.17) is 4.79 Å². The number of rotatable bonds is 0. The lowest BCUT2D eigenvalue weighted by Crippen LogP contribution is -1.91. The molecular weight excluding hydrogens is 136 g/mol. The highest BCUT2D eigenvalue weighted by Gasteiger charge is 2.11. The Hall–Kier alpha value is -0.330. The molecule has 2 unspecified atom stereocenters. The van der Waals surface area contributed by atoms with Crippen molar-refractivity contribution in [1.82, 2.24) is 0 Å². The van der Waals surface area contributed by atoms with Crippen LogP contribution in [-0.2, 0) is 4.79 Å². The predicted molar refractivity (Wildman–Crippen MR) is 48.5 cm³/mol. The standard InChI is InChI=1S/C9H18.CH2O/c1-8-4-3-5-9(2)7-6-8;1-2/h8-9H,3-7H2,1-2H3;1H2. The Kier molecular flexibility index (Phi) is 6.19. The fourth-order valence-corrected chi connectivity index (χ4v) is 1.67. The van der Waals surface area contributed by atoms with Gasteiger partial charge < -0.3 is 4.79 Å². The van der Waals surface area contributed by atoms with Gasteiger partial charge in [0.2, 0.25) is 0 Å². The van der Waals surface area contributed by atoms with E-state index in [1.165, 1.54) is 32.1 Å². The maximum absolute atomic E-state index is 8.00. The Bertz CT molecular complexity index is 80.9. The minimum Gasteiger partial charge on any atom is -0.307 e. The molecule has 1 saturated carbocycles. The molecule has 1 heteroatoms. The molecule has 0 N–H and O–H groups in total. The number of carbonyl (C=O) groups is 1. The van der Waals surface area contributed by atoms with Crippen molar-refractivity contribution in [3.8, 4) is 0 Å². The Labute approximate surface area is 70.2 Å². The lowest BCUT2D eigenvalue weighted by atomic mass is 10.0. The van der Waals surface area contributed by atoms with Gasteiger partial charge in [-0.15, -0.1) is 0 Å². The molecule has 0 bridgehead atoms. The fraction of sp³-hybridized carbons (Fsp3) is 0.900. The minimum atomic E-state index is 1.01. The van der Waals surface area contributed by atoms with Gasteiger partial charge in [0.15, 0.2) is 0 Å². The van der Waals surface area contributed by atoms with Crippen molar-refractivity contribution in [2.75, 3.05) is 0 Å². The van der Waals surface area contributed by atoms with Gasteiger partial charge in [-0.3, -0.25) is 0 Å². The molecule has 2 atom stereocenters. The van der Waals surface area contributed by atoms with E-state index < -0.39 is 0 Å². The number of hydrogen-bond acceptors (Lipinski definition) is 1. The van der Waals surface area contributed by atoms with E-state index in [0.717, 1.165) is 11.8 Å². The van der Waals surface area contributed by atoms with Crippen LogP contribution in [0.5, 0.6) is 0 Å². The zero-order valence-corrected chi connectivity index (χ0v) is 7.81. The largest absolute Gasteiger partial charge is 0.307 e. The van der Waals surface area contributed by atoms with Crippen LogP contribution in [0.3, 0.4) is 0 Å². The molecule has 0 heterocycles. The molecule has 0 aromatic rings. The van der Waals surface area contributed by atoms with Crippen LogP contribution < -0.4 is 0 Å². The molecule has 66 valence electrons. The van der Waals surface area contributed by atoms with Crippen LogP contribution in [0.25, 0.3) is 0 Å². The van der Waals surface area contributed by atoms with E-state index in [0.29, 0.717) is 0 Å². The maximum Gasteiger partial charge on any atom is 0.106 e. The molecule has 1 aliphatic carbocycles. The normalized spacial score (nSPS) is 31.5. The van der Waals surface area contributed by atoms with Crippen LogP contribution in [0, 0.1) is 11.8 Å². The summed E-state index contributed by atoms with van der Waals surface area (Å²) >= 11 is 0. The molecular formula is C10H20O. The van der Waals surface area contributed by atoms with Crippen molar-refractivity contribution in [1.29, 1.82) is 0 Å². The number of hydrogen-bond donors (Lipinski definition) is 0. The fourth-order valence-electron chi connectivity index (χ4n) is 1.67. The molecule has 1 nitrogen and oxygen atoms in total. The highest BCUT2D eigenvalue weighted by atomic mass is 16.1. The Morgan fingerprint density at radius 2 is 1.27 bits per heavy atom. The molecule has 0 radical (unpaired) electrons. The van der Waals surface area contributed by atoms with E-state index >= 15 is 0 Å². The lowest BCUT2D eigenvalue weighted by Gasteiger charge is -2.05. The first-order chi connectivity index (χ1) is 5.29. The van der Waals surface area contributed by atoms with Crippen molar-refractivity contribution in [3.05, 3.63) is 0 Å². The average molecular weight is 156 g/mol. The second-order valence-corrected chi connectivity index (χ2v) is 3.72. The van der Waals surface area contributed by atoms with Gasteiger partial charge >= 0.3 is 0 Å². The summed E-state index contributed by atoms with van der Waals surface area (Å²) in [7, 11) is 0. The van der Waals surface area contributed by atoms with Crippen LogP contribution >= 0.6 is 0 Å². The number of carbonyl (C=O) groups excluding carboxylic acids is 1. The molecule has 1 fully saturated rings. The van der Waals surface area contributed by atoms with E-state index in [9.17, 15) is 0 Å². The highest BCUT2D eigenvalue weighted by molar-refractivity contribution is 5.10. The predicted octanol–water partition coefficient (Wildman–Crippen LogP) is 3.04. The van der Waals surface area contributed by atoms with Crippen molar-refractivity contribution in [3.63, 3.8) is 0 Å². The SMILES string of the molecule is C=O.CC1CCCC(C)CC1. The first-order valence-corrected chi connectivity index (χ1v) is 4.58. The molecule has 0 amide bonds. The third kappa shape index (κ3) is 5.00. The smallest absolute Gasteiger partial charge is 0.106 e. The third-order valence-corrected chi connectivity index (χ3v) is 2.55. The average Bonchev–Trinajstić information content (AvgIpc) is 2.20. The topological polar surface area (TPSA) is 17.1 Å². The molecule has 0 saturated heterocycles. The summed E-state index contributed by atoms with van der Waals surface area (Å²) < 4.78 is 0. The van der Waals surface area contributed by atoms with E-state index in [2.05, 4.69) is 13.8 Å². The van der Waals surface area contributed by atoms with Crippen LogP contribution in [-0.4, -0.2) is 6.79 Å². The van der Waals surface area contributed by atoms with Crippen molar-refractivity contribution >= 4 is 6.79 Å². The van der Waals surface area contributed by atoms with E-state index in [1.54, 1.807) is 0 Å². The van der Waals surface area contributed by atoms with Gasteiger partial charge in [-0.05, 0) is 11.8 Å². The third-order valence-electron chi connectivity index (χ3n) is 2.55. The zero-order chi connectivity index (χ0) is 8.69. The molecule has 1 rings (SSSR count). The van der Waals surface area contributed by atoms with Crippen LogP contribution in [0.1, 0.15) is 46.0 Å². The lowest BCUT2D eigenvalue weighted by molar-refractivity contribution is -0.0979. The molecule has 0 aromatic heterocycles. The monoisotopic (exact) mass is 156 g/mol. The van der Waals surface area contributed by atoms with Gasteiger partial charge in [-0.2, -0.15) is 0 Å². The van der Waals surface area contributed by atoms with Crippen LogP contribution in [0.4, 0.5) is 0 Å². The first-order valence-electron chi connectivity index (χ1n) is 4.58. The Morgan fingerprint density at radius 1 is 0.909 bits per heavy atom. The van der Waals surface area contributed by atoms with Crippen LogP contribution in [0.15, 0.2) is 0 Å². The molecule has 11 heavy (non-hydrogen) atoms. The summed E-state index contributed by atoms with van der Waals surface area (Å²) in [6, 6.07) is 0. The maximum atomic E-state index is 8.00. The van der Waals surface area contributed by atoms with Gasteiger partial charge in [0.05, 0.1) is 0 Å². The van der Waals surface area contributed by atoms with Gasteiger partial charge in [-0.25, -0.2) is 0 Å². The Morgan fingerprint density at radius 3 is 1.64 bits per heavy atom.